The topological polar surface area (TPSA) is 81.7 Å². The highest BCUT2D eigenvalue weighted by molar-refractivity contribution is 5.68. The lowest BCUT2D eigenvalue weighted by molar-refractivity contribution is 0.425. The molecule has 0 unspecified atom stereocenters. The molecular formula is C13H14N6O. The third kappa shape index (κ3) is 2.51. The predicted octanol–water partition coefficient (Wildman–Crippen LogP) is 1.79. The average Bonchev–Trinajstić information content (AvgIpc) is 3.06. The van der Waals surface area contributed by atoms with Crippen LogP contribution in [0.1, 0.15) is 11.4 Å². The van der Waals surface area contributed by atoms with Crippen molar-refractivity contribution in [3.05, 3.63) is 42.1 Å². The number of pyridine rings is 1. The number of nitrogens with one attached hydrogen (secondary N) is 1. The summed E-state index contributed by atoms with van der Waals surface area (Å²) in [5, 5.41) is 11.2. The molecule has 0 aliphatic carbocycles. The van der Waals surface area contributed by atoms with Crippen LogP contribution in [-0.4, -0.2) is 24.9 Å². The zero-order chi connectivity index (χ0) is 13.9. The van der Waals surface area contributed by atoms with Gasteiger partial charge in [0, 0.05) is 31.5 Å². The molecule has 0 saturated heterocycles. The molecule has 0 aliphatic rings. The summed E-state index contributed by atoms with van der Waals surface area (Å²) in [6.45, 7) is 2.41. The van der Waals surface area contributed by atoms with Gasteiger partial charge in [-0.25, -0.2) is 4.98 Å². The van der Waals surface area contributed by atoms with Crippen molar-refractivity contribution in [2.24, 2.45) is 7.05 Å². The molecule has 7 nitrogen and oxygen atoms in total. The van der Waals surface area contributed by atoms with E-state index in [1.807, 2.05) is 31.6 Å². The Hall–Kier alpha value is -2.70. The Morgan fingerprint density at radius 1 is 1.40 bits per heavy atom. The van der Waals surface area contributed by atoms with Crippen molar-refractivity contribution in [1.29, 1.82) is 0 Å². The molecule has 0 aromatic carbocycles. The predicted molar refractivity (Wildman–Crippen MR) is 72.8 cm³/mol. The van der Waals surface area contributed by atoms with Crippen LogP contribution in [-0.2, 0) is 13.6 Å². The molecular weight excluding hydrogens is 256 g/mol. The summed E-state index contributed by atoms with van der Waals surface area (Å²) in [5.41, 5.74) is 1.86. The fourth-order valence-corrected chi connectivity index (χ4v) is 1.87. The fourth-order valence-electron chi connectivity index (χ4n) is 1.87. The Bertz CT molecular complexity index is 717. The van der Waals surface area contributed by atoms with Gasteiger partial charge in [-0.3, -0.25) is 4.68 Å². The van der Waals surface area contributed by atoms with Crippen LogP contribution in [0.25, 0.3) is 11.5 Å². The minimum atomic E-state index is 0.462. The van der Waals surface area contributed by atoms with Crippen LogP contribution in [0.15, 0.2) is 35.2 Å². The van der Waals surface area contributed by atoms with Gasteiger partial charge in [0.2, 0.25) is 0 Å². The van der Waals surface area contributed by atoms with Crippen molar-refractivity contribution < 1.29 is 4.52 Å². The Morgan fingerprint density at radius 2 is 2.30 bits per heavy atom. The van der Waals surface area contributed by atoms with Gasteiger partial charge in [-0.05, 0) is 19.1 Å². The van der Waals surface area contributed by atoms with Gasteiger partial charge in [0.15, 0.2) is 5.82 Å². The van der Waals surface area contributed by atoms with Crippen LogP contribution in [0.4, 0.5) is 5.82 Å². The smallest absolute Gasteiger partial charge is 0.261 e. The van der Waals surface area contributed by atoms with Gasteiger partial charge in [-0.15, -0.1) is 0 Å². The molecule has 20 heavy (non-hydrogen) atoms. The third-order valence-electron chi connectivity index (χ3n) is 2.78. The Labute approximate surface area is 115 Å². The highest BCUT2D eigenvalue weighted by atomic mass is 16.5. The lowest BCUT2D eigenvalue weighted by Crippen LogP contribution is -2.02. The number of hydrogen-bond donors (Lipinski definition) is 1. The summed E-state index contributed by atoms with van der Waals surface area (Å²) < 4.78 is 6.95. The minimum absolute atomic E-state index is 0.462. The van der Waals surface area contributed by atoms with E-state index in [1.165, 1.54) is 0 Å². The van der Waals surface area contributed by atoms with Gasteiger partial charge < -0.3 is 9.84 Å². The van der Waals surface area contributed by atoms with E-state index in [0.717, 1.165) is 11.1 Å². The summed E-state index contributed by atoms with van der Waals surface area (Å²) >= 11 is 0. The number of anilines is 1. The first-order chi connectivity index (χ1) is 9.72. The zero-order valence-electron chi connectivity index (χ0n) is 11.2. The lowest BCUT2D eigenvalue weighted by atomic mass is 10.2. The van der Waals surface area contributed by atoms with E-state index in [1.54, 1.807) is 17.8 Å². The van der Waals surface area contributed by atoms with Crippen molar-refractivity contribution in [2.75, 3.05) is 5.32 Å². The second-order valence-electron chi connectivity index (χ2n) is 4.42. The highest BCUT2D eigenvalue weighted by Crippen LogP contribution is 2.24. The van der Waals surface area contributed by atoms with Gasteiger partial charge in [-0.1, -0.05) is 5.16 Å². The Balaban J connectivity index is 1.83. The van der Waals surface area contributed by atoms with E-state index < -0.39 is 0 Å². The van der Waals surface area contributed by atoms with Crippen LogP contribution in [0.2, 0.25) is 0 Å². The molecule has 3 rings (SSSR count). The number of nitrogens with zero attached hydrogens (tertiary/aromatic N) is 5. The van der Waals surface area contributed by atoms with E-state index in [4.69, 9.17) is 4.52 Å². The fraction of sp³-hybridized carbons (Fsp3) is 0.231. The summed E-state index contributed by atoms with van der Waals surface area (Å²) in [4.78, 5) is 8.55. The molecule has 0 aliphatic heterocycles. The van der Waals surface area contributed by atoms with Gasteiger partial charge in [0.05, 0.1) is 11.8 Å². The van der Waals surface area contributed by atoms with Gasteiger partial charge >= 0.3 is 0 Å². The highest BCUT2D eigenvalue weighted by Gasteiger charge is 2.12. The maximum atomic E-state index is 5.19. The molecule has 3 heterocycles. The van der Waals surface area contributed by atoms with Crippen molar-refractivity contribution in [3.8, 4) is 11.5 Å². The third-order valence-corrected chi connectivity index (χ3v) is 2.78. The first kappa shape index (κ1) is 12.3. The monoisotopic (exact) mass is 270 g/mol. The molecule has 0 fully saturated rings. The molecule has 0 atom stereocenters. The van der Waals surface area contributed by atoms with Crippen molar-refractivity contribution in [1.82, 2.24) is 24.9 Å². The van der Waals surface area contributed by atoms with Gasteiger partial charge in [0.1, 0.15) is 5.82 Å². The number of aromatic nitrogens is 5. The van der Waals surface area contributed by atoms with Gasteiger partial charge in [0.25, 0.3) is 5.89 Å². The van der Waals surface area contributed by atoms with Crippen molar-refractivity contribution in [3.63, 3.8) is 0 Å². The van der Waals surface area contributed by atoms with E-state index in [-0.39, 0.29) is 0 Å². The van der Waals surface area contributed by atoms with E-state index in [9.17, 15) is 0 Å². The molecule has 0 radical (unpaired) electrons. The van der Waals surface area contributed by atoms with Crippen molar-refractivity contribution in [2.45, 2.75) is 13.5 Å². The molecule has 0 bridgehead atoms. The standard InChI is InChI=1S/C13H14N6O/c1-9-17-13(20-18-9)11-4-3-5-14-12(11)15-6-10-7-16-19(2)8-10/h3-5,7-8H,6H2,1-2H3,(H,14,15). The maximum Gasteiger partial charge on any atom is 0.261 e. The van der Waals surface area contributed by atoms with E-state index in [2.05, 4.69) is 25.5 Å². The summed E-state index contributed by atoms with van der Waals surface area (Å²) in [7, 11) is 1.89. The maximum absolute atomic E-state index is 5.19. The summed E-state index contributed by atoms with van der Waals surface area (Å²) in [5.74, 6) is 1.77. The molecule has 0 spiro atoms. The van der Waals surface area contributed by atoms with E-state index >= 15 is 0 Å². The van der Waals surface area contributed by atoms with Crippen LogP contribution in [0, 0.1) is 6.92 Å². The van der Waals surface area contributed by atoms with Crippen LogP contribution in [0.5, 0.6) is 0 Å². The first-order valence-electron chi connectivity index (χ1n) is 6.19. The number of hydrogen-bond acceptors (Lipinski definition) is 6. The second kappa shape index (κ2) is 5.12. The first-order valence-corrected chi connectivity index (χ1v) is 6.19. The average molecular weight is 270 g/mol. The van der Waals surface area contributed by atoms with Crippen LogP contribution in [0.3, 0.4) is 0 Å². The van der Waals surface area contributed by atoms with Crippen LogP contribution >= 0.6 is 0 Å². The molecule has 0 amide bonds. The minimum Gasteiger partial charge on any atom is -0.365 e. The molecule has 3 aromatic rings. The molecule has 3 aromatic heterocycles. The summed E-state index contributed by atoms with van der Waals surface area (Å²) in [6, 6.07) is 3.73. The SMILES string of the molecule is Cc1noc(-c2cccnc2NCc2cnn(C)c2)n1. The lowest BCUT2D eigenvalue weighted by Gasteiger charge is -2.06. The zero-order valence-corrected chi connectivity index (χ0v) is 11.2. The normalized spacial score (nSPS) is 10.7. The van der Waals surface area contributed by atoms with Crippen molar-refractivity contribution >= 4 is 5.82 Å². The quantitative estimate of drug-likeness (QED) is 0.778. The van der Waals surface area contributed by atoms with Crippen LogP contribution < -0.4 is 5.32 Å². The number of rotatable bonds is 4. The largest absolute Gasteiger partial charge is 0.365 e. The van der Waals surface area contributed by atoms with Gasteiger partial charge in [-0.2, -0.15) is 10.1 Å². The number of aryl methyl sites for hydroxylation is 2. The molecule has 102 valence electrons. The van der Waals surface area contributed by atoms with E-state index in [0.29, 0.717) is 24.1 Å². The molecule has 0 saturated carbocycles. The molecule has 1 N–H and O–H groups in total. The Morgan fingerprint density at radius 3 is 3.00 bits per heavy atom. The molecule has 7 heteroatoms. The second-order valence-corrected chi connectivity index (χ2v) is 4.42. The Kier molecular flexibility index (Phi) is 3.16. The summed E-state index contributed by atoms with van der Waals surface area (Å²) in [6.07, 6.45) is 5.48.